The van der Waals surface area contributed by atoms with E-state index >= 15 is 0 Å². The Morgan fingerprint density at radius 3 is 2.43 bits per heavy atom. The highest BCUT2D eigenvalue weighted by atomic mass is 19.4. The quantitative estimate of drug-likeness (QED) is 0.672. The van der Waals surface area contributed by atoms with E-state index in [4.69, 9.17) is 5.73 Å². The Kier molecular flexibility index (Phi) is 5.09. The first-order valence-corrected chi connectivity index (χ1v) is 7.18. The Labute approximate surface area is 122 Å². The lowest BCUT2D eigenvalue weighted by Gasteiger charge is -2.21. The third-order valence-corrected chi connectivity index (χ3v) is 3.61. The minimum absolute atomic E-state index is 0.173. The molecule has 0 bridgehead atoms. The number of halogens is 3. The van der Waals surface area contributed by atoms with Gasteiger partial charge >= 0.3 is 6.18 Å². The van der Waals surface area contributed by atoms with Crippen LogP contribution < -0.4 is 5.73 Å². The summed E-state index contributed by atoms with van der Waals surface area (Å²) >= 11 is 0. The molecular formula is C15H20F3N3. The molecule has 0 unspecified atom stereocenters. The summed E-state index contributed by atoms with van der Waals surface area (Å²) in [6.07, 6.45) is 0.227. The van der Waals surface area contributed by atoms with Gasteiger partial charge in [-0.1, -0.05) is 25.0 Å². The molecule has 1 saturated heterocycles. The number of hydrogen-bond acceptors (Lipinski definition) is 1. The Morgan fingerprint density at radius 2 is 1.81 bits per heavy atom. The lowest BCUT2D eigenvalue weighted by atomic mass is 10.1. The number of likely N-dealkylation sites (tertiary alicyclic amines) is 1. The Balaban J connectivity index is 2.02. The standard InChI is InChI=1S/C15H20F3N3/c16-15(17,18)13-7-5-6-12(10-13)11-20-14(19)21-8-3-1-2-4-9-21/h5-7,10H,1-4,8-9,11H2,(H2,19,20). The van der Waals surface area contributed by atoms with Crippen LogP contribution >= 0.6 is 0 Å². The highest BCUT2D eigenvalue weighted by Crippen LogP contribution is 2.29. The number of aliphatic imine (C=N–C) groups is 1. The first-order chi connectivity index (χ1) is 9.97. The van der Waals surface area contributed by atoms with Gasteiger partial charge in [0.15, 0.2) is 5.96 Å². The van der Waals surface area contributed by atoms with E-state index in [2.05, 4.69) is 4.99 Å². The van der Waals surface area contributed by atoms with Gasteiger partial charge in [-0.05, 0) is 30.5 Å². The van der Waals surface area contributed by atoms with Gasteiger partial charge in [0.25, 0.3) is 0 Å². The van der Waals surface area contributed by atoms with Crippen LogP contribution in [0.4, 0.5) is 13.2 Å². The monoisotopic (exact) mass is 299 g/mol. The van der Waals surface area contributed by atoms with Crippen LogP contribution in [0.1, 0.15) is 36.8 Å². The third kappa shape index (κ3) is 4.65. The lowest BCUT2D eigenvalue weighted by Crippen LogP contribution is -2.38. The molecule has 116 valence electrons. The molecule has 0 saturated carbocycles. The number of rotatable bonds is 2. The molecule has 1 aliphatic rings. The topological polar surface area (TPSA) is 41.6 Å². The van der Waals surface area contributed by atoms with Crippen LogP contribution in [-0.4, -0.2) is 23.9 Å². The molecule has 3 nitrogen and oxygen atoms in total. The number of nitrogens with zero attached hydrogens (tertiary/aromatic N) is 2. The maximum Gasteiger partial charge on any atom is 0.416 e. The largest absolute Gasteiger partial charge is 0.416 e. The molecule has 1 heterocycles. The zero-order valence-corrected chi connectivity index (χ0v) is 11.9. The van der Waals surface area contributed by atoms with Crippen molar-refractivity contribution in [3.8, 4) is 0 Å². The average Bonchev–Trinajstić information content (AvgIpc) is 2.73. The van der Waals surface area contributed by atoms with Crippen molar-refractivity contribution in [1.82, 2.24) is 4.90 Å². The lowest BCUT2D eigenvalue weighted by molar-refractivity contribution is -0.137. The molecule has 2 N–H and O–H groups in total. The van der Waals surface area contributed by atoms with E-state index in [1.54, 1.807) is 6.07 Å². The van der Waals surface area contributed by atoms with Crippen molar-refractivity contribution in [2.24, 2.45) is 10.7 Å². The summed E-state index contributed by atoms with van der Waals surface area (Å²) in [5.74, 6) is 0.425. The second-order valence-electron chi connectivity index (χ2n) is 5.27. The SMILES string of the molecule is NC(=NCc1cccc(C(F)(F)F)c1)N1CCCCCC1. The van der Waals surface area contributed by atoms with E-state index in [1.807, 2.05) is 4.90 Å². The summed E-state index contributed by atoms with van der Waals surface area (Å²) in [5, 5.41) is 0. The molecule has 0 radical (unpaired) electrons. The van der Waals surface area contributed by atoms with Crippen molar-refractivity contribution < 1.29 is 13.2 Å². The second kappa shape index (κ2) is 6.83. The first-order valence-electron chi connectivity index (χ1n) is 7.18. The molecular weight excluding hydrogens is 279 g/mol. The van der Waals surface area contributed by atoms with E-state index in [0.29, 0.717) is 11.5 Å². The normalized spacial score (nSPS) is 17.7. The number of guanidine groups is 1. The number of benzene rings is 1. The fourth-order valence-corrected chi connectivity index (χ4v) is 2.42. The van der Waals surface area contributed by atoms with Gasteiger partial charge in [-0.2, -0.15) is 13.2 Å². The van der Waals surface area contributed by atoms with Gasteiger partial charge in [-0.25, -0.2) is 4.99 Å². The van der Waals surface area contributed by atoms with Crippen LogP contribution in [0.5, 0.6) is 0 Å². The minimum atomic E-state index is -4.32. The zero-order valence-electron chi connectivity index (χ0n) is 11.9. The van der Waals surface area contributed by atoms with Crippen LogP contribution in [0.2, 0.25) is 0 Å². The molecule has 1 aromatic rings. The summed E-state index contributed by atoms with van der Waals surface area (Å²) in [6, 6.07) is 5.22. The van der Waals surface area contributed by atoms with Crippen molar-refractivity contribution >= 4 is 5.96 Å². The van der Waals surface area contributed by atoms with Gasteiger partial charge in [0.05, 0.1) is 12.1 Å². The predicted octanol–water partition coefficient (Wildman–Crippen LogP) is 3.40. The first kappa shape index (κ1) is 15.7. The van der Waals surface area contributed by atoms with Crippen LogP contribution in [0, 0.1) is 0 Å². The molecule has 6 heteroatoms. The van der Waals surface area contributed by atoms with Gasteiger partial charge in [0.1, 0.15) is 0 Å². The molecule has 0 aliphatic carbocycles. The predicted molar refractivity (Wildman–Crippen MR) is 76.8 cm³/mol. The fourth-order valence-electron chi connectivity index (χ4n) is 2.42. The molecule has 0 atom stereocenters. The zero-order chi connectivity index (χ0) is 15.3. The van der Waals surface area contributed by atoms with Crippen LogP contribution in [-0.2, 0) is 12.7 Å². The van der Waals surface area contributed by atoms with Crippen LogP contribution in [0.3, 0.4) is 0 Å². The molecule has 0 aromatic heterocycles. The highest BCUT2D eigenvalue weighted by molar-refractivity contribution is 5.78. The minimum Gasteiger partial charge on any atom is -0.370 e. The van der Waals surface area contributed by atoms with E-state index in [1.165, 1.54) is 18.9 Å². The van der Waals surface area contributed by atoms with Crippen LogP contribution in [0.15, 0.2) is 29.3 Å². The van der Waals surface area contributed by atoms with Crippen molar-refractivity contribution in [1.29, 1.82) is 0 Å². The molecule has 1 aromatic carbocycles. The van der Waals surface area contributed by atoms with E-state index < -0.39 is 11.7 Å². The Hall–Kier alpha value is -1.72. The Morgan fingerprint density at radius 1 is 1.14 bits per heavy atom. The van der Waals surface area contributed by atoms with Gasteiger partial charge in [-0.3, -0.25) is 0 Å². The van der Waals surface area contributed by atoms with Crippen molar-refractivity contribution in [2.75, 3.05) is 13.1 Å². The number of nitrogens with two attached hydrogens (primary N) is 1. The second-order valence-corrected chi connectivity index (χ2v) is 5.27. The van der Waals surface area contributed by atoms with E-state index in [9.17, 15) is 13.2 Å². The molecule has 1 fully saturated rings. The highest BCUT2D eigenvalue weighted by Gasteiger charge is 2.30. The Bertz CT molecular complexity index is 489. The van der Waals surface area contributed by atoms with E-state index in [0.717, 1.165) is 38.1 Å². The molecule has 21 heavy (non-hydrogen) atoms. The fraction of sp³-hybridized carbons (Fsp3) is 0.533. The average molecular weight is 299 g/mol. The maximum atomic E-state index is 12.6. The van der Waals surface area contributed by atoms with Crippen LogP contribution in [0.25, 0.3) is 0 Å². The van der Waals surface area contributed by atoms with Crippen molar-refractivity contribution in [3.63, 3.8) is 0 Å². The van der Waals surface area contributed by atoms with Crippen molar-refractivity contribution in [3.05, 3.63) is 35.4 Å². The summed E-state index contributed by atoms with van der Waals surface area (Å²) in [5.41, 5.74) is 5.81. The number of hydrogen-bond donors (Lipinski definition) is 1. The molecule has 0 amide bonds. The van der Waals surface area contributed by atoms with Gasteiger partial charge < -0.3 is 10.6 Å². The van der Waals surface area contributed by atoms with E-state index in [-0.39, 0.29) is 6.54 Å². The number of alkyl halides is 3. The molecule has 1 aliphatic heterocycles. The summed E-state index contributed by atoms with van der Waals surface area (Å²) in [6.45, 7) is 1.92. The summed E-state index contributed by atoms with van der Waals surface area (Å²) in [7, 11) is 0. The smallest absolute Gasteiger partial charge is 0.370 e. The molecule has 2 rings (SSSR count). The van der Waals surface area contributed by atoms with Gasteiger partial charge in [0.2, 0.25) is 0 Å². The third-order valence-electron chi connectivity index (χ3n) is 3.61. The van der Waals surface area contributed by atoms with Crippen molar-refractivity contribution in [2.45, 2.75) is 38.4 Å². The molecule has 0 spiro atoms. The van der Waals surface area contributed by atoms with Gasteiger partial charge in [0, 0.05) is 13.1 Å². The van der Waals surface area contributed by atoms with Gasteiger partial charge in [-0.15, -0.1) is 0 Å². The summed E-state index contributed by atoms with van der Waals surface area (Å²) in [4.78, 5) is 6.25. The maximum absolute atomic E-state index is 12.6. The summed E-state index contributed by atoms with van der Waals surface area (Å²) < 4.78 is 37.9.